The zero-order valence-corrected chi connectivity index (χ0v) is 18.1. The summed E-state index contributed by atoms with van der Waals surface area (Å²) in [6, 6.07) is 15.6. The Morgan fingerprint density at radius 3 is 2.58 bits per heavy atom. The Kier molecular flexibility index (Phi) is 7.92. The molecule has 7 nitrogen and oxygen atoms in total. The fourth-order valence-corrected chi connectivity index (χ4v) is 3.51. The van der Waals surface area contributed by atoms with Crippen LogP contribution in [0, 0.1) is 0 Å². The average Bonchev–Trinajstić information content (AvgIpc) is 3.11. The monoisotopic (exact) mass is 440 g/mol. The van der Waals surface area contributed by atoms with Gasteiger partial charge in [0.2, 0.25) is 0 Å². The molecule has 0 unspecified atom stereocenters. The van der Waals surface area contributed by atoms with E-state index in [0.29, 0.717) is 29.6 Å². The maximum atomic E-state index is 9.87. The first-order valence-electron chi connectivity index (χ1n) is 10.2. The zero-order chi connectivity index (χ0) is 22.2. The van der Waals surface area contributed by atoms with Gasteiger partial charge in [-0.3, -0.25) is 14.4 Å². The molecule has 0 fully saturated rings. The normalized spacial score (nSPS) is 12.0. The lowest BCUT2D eigenvalue weighted by Gasteiger charge is -2.13. The molecule has 0 saturated heterocycles. The molecular formula is C23H25ClN4O3. The predicted molar refractivity (Wildman–Crippen MR) is 120 cm³/mol. The number of aliphatic hydroxyl groups excluding tert-OH is 1. The summed E-state index contributed by atoms with van der Waals surface area (Å²) in [6.45, 7) is 2.26. The molecule has 0 saturated carbocycles. The second-order valence-electron chi connectivity index (χ2n) is 7.07. The van der Waals surface area contributed by atoms with Crippen LogP contribution in [0.4, 0.5) is 0 Å². The molecule has 0 amide bonds. The maximum Gasteiger partial charge on any atom is 0.303 e. The smallest absolute Gasteiger partial charge is 0.303 e. The summed E-state index contributed by atoms with van der Waals surface area (Å²) in [5.41, 5.74) is 3.65. The van der Waals surface area contributed by atoms with E-state index in [2.05, 4.69) is 17.1 Å². The third kappa shape index (κ3) is 5.57. The van der Waals surface area contributed by atoms with Gasteiger partial charge in [-0.25, -0.2) is 0 Å². The van der Waals surface area contributed by atoms with Gasteiger partial charge >= 0.3 is 5.97 Å². The molecule has 8 heteroatoms. The van der Waals surface area contributed by atoms with Gasteiger partial charge in [-0.15, -0.1) is 10.2 Å². The average molecular weight is 441 g/mol. The number of carbonyl (C=O) groups is 1. The van der Waals surface area contributed by atoms with Crippen LogP contribution >= 0.6 is 11.6 Å². The van der Waals surface area contributed by atoms with Crippen molar-refractivity contribution in [1.82, 2.24) is 14.8 Å². The highest BCUT2D eigenvalue weighted by Crippen LogP contribution is 2.28. The molecule has 3 aromatic rings. The van der Waals surface area contributed by atoms with E-state index in [1.165, 1.54) is 0 Å². The van der Waals surface area contributed by atoms with Gasteiger partial charge in [0.1, 0.15) is 13.2 Å². The fraction of sp³-hybridized carbons (Fsp3) is 0.304. The van der Waals surface area contributed by atoms with Crippen molar-refractivity contribution in [3.63, 3.8) is 0 Å². The van der Waals surface area contributed by atoms with Crippen LogP contribution in [0.15, 0.2) is 53.5 Å². The lowest BCUT2D eigenvalue weighted by molar-refractivity contribution is -0.137. The number of carboxylic acids is 1. The summed E-state index contributed by atoms with van der Waals surface area (Å²) in [5.74, 6) is 0.509. The van der Waals surface area contributed by atoms with Gasteiger partial charge in [-0.1, -0.05) is 61.7 Å². The Morgan fingerprint density at radius 2 is 1.90 bits per heavy atom. The Labute approximate surface area is 186 Å². The standard InChI is InChI=1S/C17H13ClN4O.C6H12O2/c18-12-6-7-14-13(8-12)17(11-4-2-1-3-5-11)19-9-15-20-21-16(10-23)22(14)15;1-2-3-4-5-6(7)8/h1-8,23H,9-10H2;2-5H2,1H3,(H,7,8). The van der Waals surface area contributed by atoms with Gasteiger partial charge in [-0.2, -0.15) is 0 Å². The van der Waals surface area contributed by atoms with E-state index in [0.717, 1.165) is 41.8 Å². The summed E-state index contributed by atoms with van der Waals surface area (Å²) in [6.07, 6.45) is 3.28. The third-order valence-corrected chi connectivity index (χ3v) is 5.05. The zero-order valence-electron chi connectivity index (χ0n) is 17.3. The van der Waals surface area contributed by atoms with Crippen molar-refractivity contribution in [2.75, 3.05) is 0 Å². The van der Waals surface area contributed by atoms with Gasteiger partial charge in [0.15, 0.2) is 11.6 Å². The number of aliphatic imine (C=N–C) groups is 1. The highest BCUT2D eigenvalue weighted by Gasteiger charge is 2.22. The number of hydrogen-bond acceptors (Lipinski definition) is 5. The number of rotatable bonds is 6. The van der Waals surface area contributed by atoms with Crippen LogP contribution in [0.2, 0.25) is 5.02 Å². The molecule has 0 aliphatic carbocycles. The minimum Gasteiger partial charge on any atom is -0.481 e. The molecule has 2 N–H and O–H groups in total. The van der Waals surface area contributed by atoms with E-state index in [-0.39, 0.29) is 6.61 Å². The van der Waals surface area contributed by atoms with Crippen LogP contribution in [0.25, 0.3) is 5.69 Å². The molecule has 0 bridgehead atoms. The van der Waals surface area contributed by atoms with E-state index in [1.54, 1.807) is 0 Å². The third-order valence-electron chi connectivity index (χ3n) is 4.81. The van der Waals surface area contributed by atoms with E-state index >= 15 is 0 Å². The predicted octanol–water partition coefficient (Wildman–Crippen LogP) is 4.42. The van der Waals surface area contributed by atoms with Crippen molar-refractivity contribution in [2.24, 2.45) is 4.99 Å². The van der Waals surface area contributed by atoms with Gasteiger partial charge in [0, 0.05) is 22.6 Å². The minimum absolute atomic E-state index is 0.185. The van der Waals surface area contributed by atoms with E-state index in [4.69, 9.17) is 21.7 Å². The van der Waals surface area contributed by atoms with Crippen molar-refractivity contribution in [1.29, 1.82) is 0 Å². The summed E-state index contributed by atoms with van der Waals surface area (Å²) in [5, 5.41) is 26.5. The van der Waals surface area contributed by atoms with Gasteiger partial charge < -0.3 is 10.2 Å². The Hall–Kier alpha value is -3.03. The molecule has 1 aromatic heterocycles. The second kappa shape index (κ2) is 10.8. The first-order valence-corrected chi connectivity index (χ1v) is 10.6. The molecular weight excluding hydrogens is 416 g/mol. The van der Waals surface area contributed by atoms with Crippen LogP contribution in [0.3, 0.4) is 0 Å². The highest BCUT2D eigenvalue weighted by molar-refractivity contribution is 6.31. The van der Waals surface area contributed by atoms with E-state index in [1.807, 2.05) is 53.1 Å². The Bertz CT molecular complexity index is 1060. The molecule has 162 valence electrons. The minimum atomic E-state index is -0.682. The SMILES string of the molecule is CCCCCC(=O)O.OCc1nnc2n1-c1ccc(Cl)cc1C(c1ccccc1)=NC2. The molecule has 0 spiro atoms. The summed E-state index contributed by atoms with van der Waals surface area (Å²) >= 11 is 6.21. The van der Waals surface area contributed by atoms with Crippen molar-refractivity contribution in [3.05, 3.63) is 76.3 Å². The quantitative estimate of drug-likeness (QED) is 0.553. The molecule has 2 heterocycles. The van der Waals surface area contributed by atoms with Gasteiger partial charge in [0.25, 0.3) is 0 Å². The van der Waals surface area contributed by atoms with Crippen molar-refractivity contribution >= 4 is 23.3 Å². The number of nitrogens with zero attached hydrogens (tertiary/aromatic N) is 4. The van der Waals surface area contributed by atoms with Crippen LogP contribution in [-0.2, 0) is 17.9 Å². The Morgan fingerprint density at radius 1 is 1.13 bits per heavy atom. The lowest BCUT2D eigenvalue weighted by atomic mass is 10.0. The summed E-state index contributed by atoms with van der Waals surface area (Å²) in [4.78, 5) is 14.6. The molecule has 4 rings (SSSR count). The number of aliphatic hydroxyl groups is 1. The number of halogens is 1. The van der Waals surface area contributed by atoms with Crippen LogP contribution < -0.4 is 0 Å². The van der Waals surface area contributed by atoms with E-state index in [9.17, 15) is 9.90 Å². The maximum absolute atomic E-state index is 9.87. The number of unbranched alkanes of at least 4 members (excludes halogenated alkanes) is 2. The van der Waals surface area contributed by atoms with E-state index < -0.39 is 5.97 Å². The Balaban J connectivity index is 0.000000293. The van der Waals surface area contributed by atoms with Crippen molar-refractivity contribution in [2.45, 2.75) is 45.8 Å². The molecule has 1 aliphatic rings. The van der Waals surface area contributed by atoms with Crippen molar-refractivity contribution in [3.8, 4) is 5.69 Å². The first kappa shape index (κ1) is 22.7. The molecule has 31 heavy (non-hydrogen) atoms. The first-order chi connectivity index (χ1) is 15.0. The van der Waals surface area contributed by atoms with Gasteiger partial charge in [0.05, 0.1) is 11.4 Å². The van der Waals surface area contributed by atoms with Crippen LogP contribution in [0.1, 0.15) is 55.4 Å². The number of aliphatic carboxylic acids is 1. The topological polar surface area (TPSA) is 101 Å². The fourth-order valence-electron chi connectivity index (χ4n) is 3.33. The van der Waals surface area contributed by atoms with Crippen molar-refractivity contribution < 1.29 is 15.0 Å². The molecule has 0 atom stereocenters. The second-order valence-corrected chi connectivity index (χ2v) is 7.51. The van der Waals surface area contributed by atoms with Crippen LogP contribution in [0.5, 0.6) is 0 Å². The number of carboxylic acid groups (broad SMARTS) is 1. The summed E-state index contributed by atoms with van der Waals surface area (Å²) < 4.78 is 1.85. The molecule has 1 aliphatic heterocycles. The summed E-state index contributed by atoms with van der Waals surface area (Å²) in [7, 11) is 0. The molecule has 2 aromatic carbocycles. The van der Waals surface area contributed by atoms with Gasteiger partial charge in [-0.05, 0) is 24.6 Å². The highest BCUT2D eigenvalue weighted by atomic mass is 35.5. The number of benzene rings is 2. The number of hydrogen-bond donors (Lipinski definition) is 2. The number of fused-ring (bicyclic) bond motifs is 3. The lowest BCUT2D eigenvalue weighted by Crippen LogP contribution is -2.09. The van der Waals surface area contributed by atoms with Crippen LogP contribution in [-0.4, -0.2) is 36.7 Å². The molecule has 0 radical (unpaired) electrons. The largest absolute Gasteiger partial charge is 0.481 e. The number of aromatic nitrogens is 3.